The molecular weight excluding hydrogens is 493 g/mol. The highest BCUT2D eigenvalue weighted by Gasteiger charge is 2.32. The Morgan fingerprint density at radius 2 is 1.51 bits per heavy atom. The molecule has 0 spiro atoms. The number of hydrogen-bond acceptors (Lipinski definition) is 4. The van der Waals surface area contributed by atoms with Crippen LogP contribution in [0.5, 0.6) is 0 Å². The van der Waals surface area contributed by atoms with Gasteiger partial charge in [-0.05, 0) is 60.4 Å². The van der Waals surface area contributed by atoms with Crippen molar-refractivity contribution in [3.8, 4) is 0 Å². The molecule has 2 amide bonds. The number of amides is 2. The zero-order chi connectivity index (χ0) is 27.2. The fourth-order valence-corrected chi connectivity index (χ4v) is 5.05. The van der Waals surface area contributed by atoms with Crippen molar-refractivity contribution in [2.75, 3.05) is 24.2 Å². The van der Waals surface area contributed by atoms with E-state index in [2.05, 4.69) is 5.32 Å². The summed E-state index contributed by atoms with van der Waals surface area (Å²) >= 11 is 0. The van der Waals surface area contributed by atoms with E-state index in [1.807, 2.05) is 50.2 Å². The Labute approximate surface area is 218 Å². The Bertz CT molecular complexity index is 1330. The maximum Gasteiger partial charge on any atom is 0.244 e. The molecule has 0 radical (unpaired) electrons. The van der Waals surface area contributed by atoms with Gasteiger partial charge in [0.05, 0.1) is 11.9 Å². The van der Waals surface area contributed by atoms with Crippen molar-refractivity contribution >= 4 is 27.5 Å². The van der Waals surface area contributed by atoms with Crippen LogP contribution in [0.1, 0.15) is 22.3 Å². The van der Waals surface area contributed by atoms with Crippen LogP contribution < -0.4 is 9.62 Å². The van der Waals surface area contributed by atoms with E-state index in [1.54, 1.807) is 12.1 Å². The van der Waals surface area contributed by atoms with Gasteiger partial charge in [0.2, 0.25) is 21.8 Å². The van der Waals surface area contributed by atoms with Gasteiger partial charge >= 0.3 is 0 Å². The smallest absolute Gasteiger partial charge is 0.244 e. The van der Waals surface area contributed by atoms with E-state index in [4.69, 9.17) is 0 Å². The van der Waals surface area contributed by atoms with Crippen LogP contribution in [0.3, 0.4) is 0 Å². The number of carbonyl (C=O) groups excluding carboxylic acids is 2. The SMILES string of the molecule is CNC(=O)[C@H](Cc1ccccc1)N(Cc1ccc(F)cc1)C(=O)CN(c1cc(C)cc(C)c1)S(C)(=O)=O. The predicted octanol–water partition coefficient (Wildman–Crippen LogP) is 3.59. The second-order valence-electron chi connectivity index (χ2n) is 9.08. The van der Waals surface area contributed by atoms with E-state index in [-0.39, 0.29) is 13.0 Å². The summed E-state index contributed by atoms with van der Waals surface area (Å²) < 4.78 is 40.2. The third-order valence-electron chi connectivity index (χ3n) is 5.96. The average Bonchev–Trinajstić information content (AvgIpc) is 2.84. The van der Waals surface area contributed by atoms with Crippen molar-refractivity contribution in [3.05, 3.63) is 101 Å². The Balaban J connectivity index is 2.03. The molecule has 0 saturated heterocycles. The molecule has 3 aromatic carbocycles. The number of sulfonamides is 1. The van der Waals surface area contributed by atoms with Crippen LogP contribution in [0.15, 0.2) is 72.8 Å². The van der Waals surface area contributed by atoms with Crippen molar-refractivity contribution in [2.45, 2.75) is 32.9 Å². The molecule has 0 heterocycles. The average molecular weight is 526 g/mol. The Hall–Kier alpha value is -3.72. The van der Waals surface area contributed by atoms with Crippen molar-refractivity contribution < 1.29 is 22.4 Å². The van der Waals surface area contributed by atoms with Gasteiger partial charge in [-0.1, -0.05) is 48.5 Å². The molecule has 0 bridgehead atoms. The number of rotatable bonds is 10. The fourth-order valence-electron chi connectivity index (χ4n) is 4.22. The summed E-state index contributed by atoms with van der Waals surface area (Å²) in [5.74, 6) is -1.37. The number of benzene rings is 3. The van der Waals surface area contributed by atoms with Crippen LogP contribution in [0.25, 0.3) is 0 Å². The highest BCUT2D eigenvalue weighted by atomic mass is 32.2. The van der Waals surface area contributed by atoms with E-state index in [0.29, 0.717) is 11.3 Å². The Morgan fingerprint density at radius 3 is 2.05 bits per heavy atom. The zero-order valence-corrected chi connectivity index (χ0v) is 22.3. The molecule has 7 nitrogen and oxygen atoms in total. The third-order valence-corrected chi connectivity index (χ3v) is 7.10. The van der Waals surface area contributed by atoms with E-state index in [9.17, 15) is 22.4 Å². The van der Waals surface area contributed by atoms with Crippen LogP contribution in [-0.4, -0.2) is 51.0 Å². The molecule has 9 heteroatoms. The van der Waals surface area contributed by atoms with Crippen molar-refractivity contribution in [1.29, 1.82) is 0 Å². The standard InChI is InChI=1S/C28H32FN3O4S/c1-20-14-21(2)16-25(15-20)32(37(4,35)36)19-27(33)31(18-23-10-12-24(29)13-11-23)26(28(34)30-3)17-22-8-6-5-7-9-22/h5-16,26H,17-19H2,1-4H3,(H,30,34)/t26-/m0/s1. The zero-order valence-electron chi connectivity index (χ0n) is 21.4. The van der Waals surface area contributed by atoms with Gasteiger partial charge in [-0.2, -0.15) is 0 Å². The summed E-state index contributed by atoms with van der Waals surface area (Å²) in [6, 6.07) is 19.3. The molecule has 0 unspecified atom stereocenters. The summed E-state index contributed by atoms with van der Waals surface area (Å²) in [6.45, 7) is 3.20. The molecule has 3 aromatic rings. The molecule has 0 aliphatic rings. The second-order valence-corrected chi connectivity index (χ2v) is 11.0. The summed E-state index contributed by atoms with van der Waals surface area (Å²) in [6.07, 6.45) is 1.26. The van der Waals surface area contributed by atoms with Gasteiger partial charge in [-0.25, -0.2) is 12.8 Å². The lowest BCUT2D eigenvalue weighted by Gasteiger charge is -2.33. The van der Waals surface area contributed by atoms with Crippen molar-refractivity contribution in [1.82, 2.24) is 10.2 Å². The molecule has 37 heavy (non-hydrogen) atoms. The lowest BCUT2D eigenvalue weighted by atomic mass is 10.0. The maximum atomic E-state index is 13.8. The van der Waals surface area contributed by atoms with Gasteiger partial charge in [0.25, 0.3) is 0 Å². The number of nitrogens with zero attached hydrogens (tertiary/aromatic N) is 2. The molecule has 196 valence electrons. The highest BCUT2D eigenvalue weighted by molar-refractivity contribution is 7.92. The number of halogens is 1. The van der Waals surface area contributed by atoms with Gasteiger partial charge < -0.3 is 10.2 Å². The number of anilines is 1. The molecule has 0 aliphatic carbocycles. The quantitative estimate of drug-likeness (QED) is 0.438. The molecule has 0 aliphatic heterocycles. The fraction of sp³-hybridized carbons (Fsp3) is 0.286. The Kier molecular flexibility index (Phi) is 9.04. The van der Waals surface area contributed by atoms with Crippen LogP contribution in [0.4, 0.5) is 10.1 Å². The van der Waals surface area contributed by atoms with E-state index >= 15 is 0 Å². The van der Waals surface area contributed by atoms with Gasteiger partial charge in [0.15, 0.2) is 0 Å². The third kappa shape index (κ3) is 7.63. The summed E-state index contributed by atoms with van der Waals surface area (Å²) in [5.41, 5.74) is 3.52. The minimum atomic E-state index is -3.83. The topological polar surface area (TPSA) is 86.8 Å². The highest BCUT2D eigenvalue weighted by Crippen LogP contribution is 2.23. The first-order valence-corrected chi connectivity index (χ1v) is 13.7. The van der Waals surface area contributed by atoms with Gasteiger partial charge in [-0.15, -0.1) is 0 Å². The molecule has 0 aromatic heterocycles. The molecule has 1 N–H and O–H groups in total. The van der Waals surface area contributed by atoms with Crippen molar-refractivity contribution in [3.63, 3.8) is 0 Å². The van der Waals surface area contributed by atoms with Crippen LogP contribution >= 0.6 is 0 Å². The van der Waals surface area contributed by atoms with Gasteiger partial charge in [-0.3, -0.25) is 13.9 Å². The molecular formula is C28H32FN3O4S. The normalized spacial score (nSPS) is 12.0. The first kappa shape index (κ1) is 27.9. The van der Waals surface area contributed by atoms with Gasteiger partial charge in [0, 0.05) is 20.0 Å². The molecule has 0 fully saturated rings. The first-order valence-electron chi connectivity index (χ1n) is 11.8. The summed E-state index contributed by atoms with van der Waals surface area (Å²) in [4.78, 5) is 28.2. The number of hydrogen-bond donors (Lipinski definition) is 1. The minimum Gasteiger partial charge on any atom is -0.357 e. The van der Waals surface area contributed by atoms with Crippen LogP contribution in [0.2, 0.25) is 0 Å². The van der Waals surface area contributed by atoms with Crippen LogP contribution in [-0.2, 0) is 32.6 Å². The predicted molar refractivity (Wildman–Crippen MR) is 143 cm³/mol. The Morgan fingerprint density at radius 1 is 0.919 bits per heavy atom. The minimum absolute atomic E-state index is 0.00548. The largest absolute Gasteiger partial charge is 0.357 e. The van der Waals surface area contributed by atoms with E-state index < -0.39 is 40.2 Å². The summed E-state index contributed by atoms with van der Waals surface area (Å²) in [7, 11) is -2.35. The number of nitrogens with one attached hydrogen (secondary N) is 1. The maximum absolute atomic E-state index is 13.8. The van der Waals surface area contributed by atoms with Crippen molar-refractivity contribution in [2.24, 2.45) is 0 Å². The van der Waals surface area contributed by atoms with Crippen LogP contribution in [0, 0.1) is 19.7 Å². The molecule has 0 saturated carbocycles. The first-order chi connectivity index (χ1) is 17.5. The number of likely N-dealkylation sites (N-methyl/N-ethyl adjacent to an activating group) is 1. The van der Waals surface area contributed by atoms with E-state index in [1.165, 1.54) is 36.2 Å². The molecule has 1 atom stereocenters. The molecule has 3 rings (SSSR count). The monoisotopic (exact) mass is 525 g/mol. The lowest BCUT2D eigenvalue weighted by Crippen LogP contribution is -2.52. The number of carbonyl (C=O) groups is 2. The second kappa shape index (κ2) is 12.0. The lowest BCUT2D eigenvalue weighted by molar-refractivity contribution is -0.139. The number of aryl methyl sites for hydroxylation is 2. The summed E-state index contributed by atoms with van der Waals surface area (Å²) in [5, 5.41) is 2.62. The van der Waals surface area contributed by atoms with E-state index in [0.717, 1.165) is 27.3 Å². The van der Waals surface area contributed by atoms with Gasteiger partial charge in [0.1, 0.15) is 18.4 Å².